The Labute approximate surface area is 129 Å². The van der Waals surface area contributed by atoms with Crippen molar-refractivity contribution in [3.63, 3.8) is 0 Å². The summed E-state index contributed by atoms with van der Waals surface area (Å²) in [6, 6.07) is 10.1. The Morgan fingerprint density at radius 2 is 1.77 bits per heavy atom. The van der Waals surface area contributed by atoms with Gasteiger partial charge in [0.2, 0.25) is 0 Å². The molecular weight excluding hydrogens is 302 g/mol. The molecule has 0 unspecified atom stereocenters. The number of nitrogens with zero attached hydrogens (tertiary/aromatic N) is 1. The molecule has 0 N–H and O–H groups in total. The van der Waals surface area contributed by atoms with Crippen LogP contribution in [0.15, 0.2) is 58.2 Å². The fraction of sp³-hybridized carbons (Fsp3) is 0.312. The minimum Gasteiger partial charge on any atom is -0.472 e. The summed E-state index contributed by atoms with van der Waals surface area (Å²) in [7, 11) is -3.32. The molecule has 2 heterocycles. The topological polar surface area (TPSA) is 67.6 Å². The minimum atomic E-state index is -3.32. The van der Waals surface area contributed by atoms with Gasteiger partial charge in [-0.2, -0.15) is 0 Å². The van der Waals surface area contributed by atoms with E-state index in [0.717, 1.165) is 0 Å². The van der Waals surface area contributed by atoms with E-state index in [-0.39, 0.29) is 5.91 Å². The first-order valence-electron chi connectivity index (χ1n) is 7.19. The van der Waals surface area contributed by atoms with Crippen LogP contribution >= 0.6 is 0 Å². The molecule has 0 bridgehead atoms. The van der Waals surface area contributed by atoms with Crippen molar-refractivity contribution in [3.05, 3.63) is 54.5 Å². The second-order valence-electron chi connectivity index (χ2n) is 5.36. The number of benzene rings is 1. The van der Waals surface area contributed by atoms with Gasteiger partial charge in [0.05, 0.1) is 22.0 Å². The van der Waals surface area contributed by atoms with Gasteiger partial charge in [0.1, 0.15) is 6.26 Å². The molecule has 0 atom stereocenters. The van der Waals surface area contributed by atoms with Crippen LogP contribution in [0.25, 0.3) is 0 Å². The van der Waals surface area contributed by atoms with E-state index in [9.17, 15) is 13.2 Å². The zero-order chi connectivity index (χ0) is 15.6. The van der Waals surface area contributed by atoms with Crippen LogP contribution in [0.5, 0.6) is 0 Å². The monoisotopic (exact) mass is 319 g/mol. The predicted molar refractivity (Wildman–Crippen MR) is 81.3 cm³/mol. The van der Waals surface area contributed by atoms with E-state index in [1.54, 1.807) is 41.3 Å². The molecule has 0 spiro atoms. The summed E-state index contributed by atoms with van der Waals surface area (Å²) in [5, 5.41) is -0.428. The minimum absolute atomic E-state index is 0.107. The van der Waals surface area contributed by atoms with E-state index in [2.05, 4.69) is 0 Å². The van der Waals surface area contributed by atoms with Gasteiger partial charge >= 0.3 is 0 Å². The molecule has 6 heteroatoms. The molecular formula is C16H17NO4S. The maximum atomic E-state index is 12.6. The summed E-state index contributed by atoms with van der Waals surface area (Å²) < 4.78 is 30.1. The van der Waals surface area contributed by atoms with Crippen molar-refractivity contribution in [2.24, 2.45) is 0 Å². The van der Waals surface area contributed by atoms with Crippen LogP contribution in [-0.2, 0) is 9.84 Å². The Balaban J connectivity index is 1.68. The number of piperidine rings is 1. The molecule has 116 valence electrons. The summed E-state index contributed by atoms with van der Waals surface area (Å²) in [6.45, 7) is 0.890. The molecule has 1 aromatic carbocycles. The number of hydrogen-bond acceptors (Lipinski definition) is 4. The van der Waals surface area contributed by atoms with Gasteiger partial charge in [-0.05, 0) is 31.0 Å². The normalized spacial score (nSPS) is 16.6. The number of carbonyl (C=O) groups excluding carboxylic acids is 1. The highest BCUT2D eigenvalue weighted by atomic mass is 32.2. The highest BCUT2D eigenvalue weighted by Gasteiger charge is 2.32. The molecule has 22 heavy (non-hydrogen) atoms. The van der Waals surface area contributed by atoms with Crippen LogP contribution < -0.4 is 0 Å². The smallest absolute Gasteiger partial charge is 0.257 e. The molecule has 0 aliphatic carbocycles. The molecule has 2 aromatic rings. The highest BCUT2D eigenvalue weighted by Crippen LogP contribution is 2.25. The third-order valence-electron chi connectivity index (χ3n) is 4.01. The summed E-state index contributed by atoms with van der Waals surface area (Å²) in [6.07, 6.45) is 3.79. The molecule has 5 nitrogen and oxygen atoms in total. The number of likely N-dealkylation sites (tertiary alicyclic amines) is 1. The van der Waals surface area contributed by atoms with E-state index in [4.69, 9.17) is 4.42 Å². The Bertz CT molecular complexity index is 730. The van der Waals surface area contributed by atoms with Crippen LogP contribution in [0.4, 0.5) is 0 Å². The first-order chi connectivity index (χ1) is 10.6. The average Bonchev–Trinajstić information content (AvgIpc) is 3.09. The van der Waals surface area contributed by atoms with Crippen molar-refractivity contribution in [1.82, 2.24) is 4.90 Å². The summed E-state index contributed by atoms with van der Waals surface area (Å²) in [5.41, 5.74) is 0.504. The second-order valence-corrected chi connectivity index (χ2v) is 7.59. The van der Waals surface area contributed by atoms with Crippen molar-refractivity contribution in [2.45, 2.75) is 23.0 Å². The fourth-order valence-electron chi connectivity index (χ4n) is 2.74. The summed E-state index contributed by atoms with van der Waals surface area (Å²) in [4.78, 5) is 14.2. The molecule has 1 fully saturated rings. The molecule has 0 radical (unpaired) electrons. The number of rotatable bonds is 3. The van der Waals surface area contributed by atoms with Gasteiger partial charge in [-0.3, -0.25) is 4.79 Å². The van der Waals surface area contributed by atoms with Crippen LogP contribution in [0.2, 0.25) is 0 Å². The van der Waals surface area contributed by atoms with Gasteiger partial charge in [0.15, 0.2) is 9.84 Å². The third-order valence-corrected chi connectivity index (χ3v) is 6.29. The van der Waals surface area contributed by atoms with Crippen molar-refractivity contribution in [1.29, 1.82) is 0 Å². The Hall–Kier alpha value is -2.08. The zero-order valence-corrected chi connectivity index (χ0v) is 12.8. The van der Waals surface area contributed by atoms with Crippen molar-refractivity contribution >= 4 is 15.7 Å². The maximum absolute atomic E-state index is 12.6. The SMILES string of the molecule is O=C(c1ccoc1)N1CCC(S(=O)(=O)c2ccccc2)CC1. The largest absolute Gasteiger partial charge is 0.472 e. The molecule has 0 saturated carbocycles. The number of furan rings is 1. The standard InChI is InChI=1S/C16H17NO4S/c18-16(13-8-11-21-12-13)17-9-6-15(7-10-17)22(19,20)14-4-2-1-3-5-14/h1-5,8,11-12,15H,6-7,9-10H2. The molecule has 1 aliphatic heterocycles. The number of carbonyl (C=O) groups is 1. The second kappa shape index (κ2) is 5.96. The first-order valence-corrected chi connectivity index (χ1v) is 8.74. The number of sulfone groups is 1. The van der Waals surface area contributed by atoms with Gasteiger partial charge < -0.3 is 9.32 Å². The lowest BCUT2D eigenvalue weighted by Crippen LogP contribution is -2.42. The van der Waals surface area contributed by atoms with Gasteiger partial charge in [-0.15, -0.1) is 0 Å². The lowest BCUT2D eigenvalue weighted by atomic mass is 10.1. The van der Waals surface area contributed by atoms with E-state index < -0.39 is 15.1 Å². The van der Waals surface area contributed by atoms with Crippen LogP contribution in [0, 0.1) is 0 Å². The van der Waals surface area contributed by atoms with Gasteiger partial charge in [0.25, 0.3) is 5.91 Å². The molecule has 1 aliphatic rings. The van der Waals surface area contributed by atoms with Crippen molar-refractivity contribution in [2.75, 3.05) is 13.1 Å². The predicted octanol–water partition coefficient (Wildman–Crippen LogP) is 2.36. The maximum Gasteiger partial charge on any atom is 0.257 e. The van der Waals surface area contributed by atoms with Crippen molar-refractivity contribution in [3.8, 4) is 0 Å². The quantitative estimate of drug-likeness (QED) is 0.871. The van der Waals surface area contributed by atoms with Crippen LogP contribution in [-0.4, -0.2) is 37.6 Å². The third kappa shape index (κ3) is 2.78. The molecule has 1 saturated heterocycles. The van der Waals surface area contributed by atoms with Gasteiger partial charge in [0, 0.05) is 13.1 Å². The zero-order valence-electron chi connectivity index (χ0n) is 12.0. The molecule has 3 rings (SSSR count). The van der Waals surface area contributed by atoms with E-state index in [1.165, 1.54) is 12.5 Å². The van der Waals surface area contributed by atoms with Gasteiger partial charge in [-0.25, -0.2) is 8.42 Å². The lowest BCUT2D eigenvalue weighted by molar-refractivity contribution is 0.0725. The van der Waals surface area contributed by atoms with E-state index in [1.807, 2.05) is 0 Å². The van der Waals surface area contributed by atoms with Gasteiger partial charge in [-0.1, -0.05) is 18.2 Å². The summed E-state index contributed by atoms with van der Waals surface area (Å²) in [5.74, 6) is -0.107. The van der Waals surface area contributed by atoms with Crippen LogP contribution in [0.3, 0.4) is 0 Å². The van der Waals surface area contributed by atoms with Crippen molar-refractivity contribution < 1.29 is 17.6 Å². The van der Waals surface area contributed by atoms with E-state index >= 15 is 0 Å². The van der Waals surface area contributed by atoms with Crippen LogP contribution in [0.1, 0.15) is 23.2 Å². The fourth-order valence-corrected chi connectivity index (χ4v) is 4.49. The number of hydrogen-bond donors (Lipinski definition) is 0. The Kier molecular flexibility index (Phi) is 4.02. The Morgan fingerprint density at radius 3 is 2.36 bits per heavy atom. The average molecular weight is 319 g/mol. The number of amides is 1. The highest BCUT2D eigenvalue weighted by molar-refractivity contribution is 7.92. The molecule has 1 aromatic heterocycles. The van der Waals surface area contributed by atoms with E-state index in [0.29, 0.717) is 36.4 Å². The summed E-state index contributed by atoms with van der Waals surface area (Å²) >= 11 is 0. The first kappa shape index (κ1) is 14.8. The molecule has 1 amide bonds. The Morgan fingerprint density at radius 1 is 1.09 bits per heavy atom. The lowest BCUT2D eigenvalue weighted by Gasteiger charge is -2.31.